The number of carbonyl (C=O) groups is 2. The van der Waals surface area contributed by atoms with E-state index in [1.54, 1.807) is 0 Å². The molecule has 0 aliphatic heterocycles. The number of hydrogen-bond acceptors (Lipinski definition) is 5. The lowest BCUT2D eigenvalue weighted by Gasteiger charge is -2.02. The van der Waals surface area contributed by atoms with Gasteiger partial charge in [-0.05, 0) is 12.1 Å². The van der Waals surface area contributed by atoms with Gasteiger partial charge in [-0.1, -0.05) is 0 Å². The second-order valence-electron chi connectivity index (χ2n) is 3.54. The van der Waals surface area contributed by atoms with E-state index < -0.39 is 22.9 Å². The fraction of sp³-hybridized carbons (Fsp3) is 0.0833. The van der Waals surface area contributed by atoms with Crippen molar-refractivity contribution in [1.29, 1.82) is 0 Å². The van der Waals surface area contributed by atoms with Gasteiger partial charge in [0.25, 0.3) is 0 Å². The predicted molar refractivity (Wildman–Crippen MR) is 60.8 cm³/mol. The molecule has 1 aromatic heterocycles. The largest absolute Gasteiger partial charge is 0.477 e. The van der Waals surface area contributed by atoms with Gasteiger partial charge in [-0.3, -0.25) is 9.59 Å². The Morgan fingerprint density at radius 3 is 2.67 bits per heavy atom. The molecule has 0 unspecified atom stereocenters. The maximum Gasteiger partial charge on any atom is 0.342 e. The minimum Gasteiger partial charge on any atom is -0.477 e. The second kappa shape index (κ2) is 4.33. The van der Waals surface area contributed by atoms with Crippen LogP contribution in [0, 0.1) is 0 Å². The van der Waals surface area contributed by atoms with Crippen molar-refractivity contribution in [1.82, 2.24) is 0 Å². The average Bonchev–Trinajstić information content (AvgIpc) is 2.27. The quantitative estimate of drug-likeness (QED) is 0.638. The van der Waals surface area contributed by atoms with E-state index in [-0.39, 0.29) is 16.7 Å². The first-order chi connectivity index (χ1) is 8.49. The normalized spacial score (nSPS) is 10.3. The van der Waals surface area contributed by atoms with Crippen molar-refractivity contribution in [3.8, 4) is 5.75 Å². The molecule has 2 aromatic rings. The van der Waals surface area contributed by atoms with Crippen molar-refractivity contribution >= 4 is 22.9 Å². The Kier molecular flexibility index (Phi) is 2.85. The lowest BCUT2D eigenvalue weighted by Crippen LogP contribution is -2.14. The fourth-order valence-electron chi connectivity index (χ4n) is 1.49. The topological polar surface area (TPSA) is 93.8 Å². The molecule has 18 heavy (non-hydrogen) atoms. The van der Waals surface area contributed by atoms with Crippen LogP contribution >= 0.6 is 0 Å². The zero-order valence-corrected chi connectivity index (χ0v) is 9.30. The molecular weight excluding hydrogens is 240 g/mol. The fourth-order valence-corrected chi connectivity index (χ4v) is 1.49. The van der Waals surface area contributed by atoms with Crippen molar-refractivity contribution in [3.63, 3.8) is 0 Å². The summed E-state index contributed by atoms with van der Waals surface area (Å²) in [5, 5.41) is 8.89. The van der Waals surface area contributed by atoms with E-state index >= 15 is 0 Å². The molecule has 0 radical (unpaired) electrons. The Morgan fingerprint density at radius 1 is 1.33 bits per heavy atom. The number of carbonyl (C=O) groups excluding carboxylic acids is 1. The summed E-state index contributed by atoms with van der Waals surface area (Å²) < 4.78 is 9.86. The van der Waals surface area contributed by atoms with Crippen molar-refractivity contribution < 1.29 is 23.8 Å². The van der Waals surface area contributed by atoms with Crippen LogP contribution in [0.2, 0.25) is 0 Å². The van der Waals surface area contributed by atoms with Gasteiger partial charge < -0.3 is 14.3 Å². The highest BCUT2D eigenvalue weighted by atomic mass is 16.5. The van der Waals surface area contributed by atoms with Gasteiger partial charge in [0.05, 0.1) is 5.39 Å². The molecule has 92 valence electrons. The molecule has 6 heteroatoms. The zero-order valence-electron chi connectivity index (χ0n) is 9.30. The number of ether oxygens (including phenoxy) is 1. The van der Waals surface area contributed by atoms with Crippen LogP contribution in [0.1, 0.15) is 17.3 Å². The molecule has 0 saturated carbocycles. The van der Waals surface area contributed by atoms with Crippen LogP contribution < -0.4 is 10.2 Å². The zero-order chi connectivity index (χ0) is 13.3. The summed E-state index contributed by atoms with van der Waals surface area (Å²) in [7, 11) is 0. The number of fused-ring (bicyclic) bond motifs is 1. The van der Waals surface area contributed by atoms with Crippen LogP contribution in [0.5, 0.6) is 5.75 Å². The van der Waals surface area contributed by atoms with Gasteiger partial charge in [-0.25, -0.2) is 4.79 Å². The third-order valence-corrected chi connectivity index (χ3v) is 2.24. The van der Waals surface area contributed by atoms with Gasteiger partial charge in [-0.2, -0.15) is 0 Å². The average molecular weight is 248 g/mol. The van der Waals surface area contributed by atoms with E-state index in [4.69, 9.17) is 14.3 Å². The van der Waals surface area contributed by atoms with Crippen LogP contribution in [-0.4, -0.2) is 17.0 Å². The minimum absolute atomic E-state index is 0.116. The van der Waals surface area contributed by atoms with Gasteiger partial charge in [0.2, 0.25) is 5.43 Å². The van der Waals surface area contributed by atoms with Crippen molar-refractivity contribution in [2.75, 3.05) is 0 Å². The summed E-state index contributed by atoms with van der Waals surface area (Å²) in [6.45, 7) is 1.24. The molecule has 0 bridgehead atoms. The van der Waals surface area contributed by atoms with E-state index in [0.29, 0.717) is 0 Å². The number of benzene rings is 1. The molecular formula is C12H8O6. The summed E-state index contributed by atoms with van der Waals surface area (Å²) in [5.41, 5.74) is -0.926. The highest BCUT2D eigenvalue weighted by Crippen LogP contribution is 2.19. The Bertz CT molecular complexity index is 697. The van der Waals surface area contributed by atoms with E-state index in [0.717, 1.165) is 6.26 Å². The molecule has 6 nitrogen and oxygen atoms in total. The lowest BCUT2D eigenvalue weighted by atomic mass is 10.1. The van der Waals surface area contributed by atoms with Crippen molar-refractivity contribution in [3.05, 3.63) is 40.2 Å². The maximum absolute atomic E-state index is 11.8. The summed E-state index contributed by atoms with van der Waals surface area (Å²) in [4.78, 5) is 33.3. The molecule has 0 aliphatic rings. The molecule has 0 saturated heterocycles. The van der Waals surface area contributed by atoms with Crippen LogP contribution in [0.4, 0.5) is 0 Å². The standard InChI is InChI=1S/C12H8O6/c1-6(13)18-7-2-3-8-10(4-7)17-5-9(11(8)14)12(15)16/h2-5H,1H3,(H,15,16). The molecule has 1 aromatic carbocycles. The first-order valence-electron chi connectivity index (χ1n) is 4.96. The third kappa shape index (κ3) is 2.08. The van der Waals surface area contributed by atoms with E-state index in [2.05, 4.69) is 0 Å². The molecule has 0 atom stereocenters. The molecule has 0 fully saturated rings. The van der Waals surface area contributed by atoms with Crippen LogP contribution in [-0.2, 0) is 4.79 Å². The van der Waals surface area contributed by atoms with E-state index in [1.165, 1.54) is 25.1 Å². The van der Waals surface area contributed by atoms with E-state index in [9.17, 15) is 14.4 Å². The lowest BCUT2D eigenvalue weighted by molar-refractivity contribution is -0.131. The smallest absolute Gasteiger partial charge is 0.342 e. The maximum atomic E-state index is 11.8. The summed E-state index contributed by atoms with van der Waals surface area (Å²) in [6, 6.07) is 4.10. The molecule has 0 spiro atoms. The van der Waals surface area contributed by atoms with Gasteiger partial charge in [0, 0.05) is 13.0 Å². The molecule has 1 N–H and O–H groups in total. The van der Waals surface area contributed by atoms with Gasteiger partial charge >= 0.3 is 11.9 Å². The highest BCUT2D eigenvalue weighted by molar-refractivity contribution is 5.91. The number of hydrogen-bond donors (Lipinski definition) is 1. The van der Waals surface area contributed by atoms with Gasteiger partial charge in [0.15, 0.2) is 0 Å². The predicted octanol–water partition coefficient (Wildman–Crippen LogP) is 1.42. The van der Waals surface area contributed by atoms with Crippen molar-refractivity contribution in [2.24, 2.45) is 0 Å². The number of carboxylic acids is 1. The van der Waals surface area contributed by atoms with Crippen LogP contribution in [0.15, 0.2) is 33.7 Å². The summed E-state index contributed by atoms with van der Waals surface area (Å²) in [5.74, 6) is -1.63. The van der Waals surface area contributed by atoms with E-state index in [1.807, 2.05) is 0 Å². The van der Waals surface area contributed by atoms with Crippen LogP contribution in [0.25, 0.3) is 11.0 Å². The molecule has 0 amide bonds. The minimum atomic E-state index is -1.35. The van der Waals surface area contributed by atoms with Gasteiger partial charge in [-0.15, -0.1) is 0 Å². The summed E-state index contributed by atoms with van der Waals surface area (Å²) >= 11 is 0. The Labute approximate surface area is 100 Å². The first kappa shape index (κ1) is 11.8. The molecule has 1 heterocycles. The number of rotatable bonds is 2. The Balaban J connectivity index is 2.61. The number of esters is 1. The highest BCUT2D eigenvalue weighted by Gasteiger charge is 2.13. The third-order valence-electron chi connectivity index (χ3n) is 2.24. The molecule has 0 aliphatic carbocycles. The number of aromatic carboxylic acids is 1. The number of carboxylic acid groups (broad SMARTS) is 1. The van der Waals surface area contributed by atoms with Crippen molar-refractivity contribution in [2.45, 2.75) is 6.92 Å². The Hall–Kier alpha value is -2.63. The van der Waals surface area contributed by atoms with Gasteiger partial charge in [0.1, 0.15) is 23.2 Å². The monoisotopic (exact) mass is 248 g/mol. The SMILES string of the molecule is CC(=O)Oc1ccc2c(=O)c(C(=O)O)coc2c1. The molecule has 2 rings (SSSR count). The second-order valence-corrected chi connectivity index (χ2v) is 3.54. The van der Waals surface area contributed by atoms with Crippen LogP contribution in [0.3, 0.4) is 0 Å². The summed E-state index contributed by atoms with van der Waals surface area (Å²) in [6.07, 6.45) is 0.866. The Morgan fingerprint density at radius 2 is 2.06 bits per heavy atom. The first-order valence-corrected chi connectivity index (χ1v) is 4.96.